The van der Waals surface area contributed by atoms with Crippen LogP contribution < -0.4 is 10.1 Å². The average molecular weight is 277 g/mol. The van der Waals surface area contributed by atoms with Crippen molar-refractivity contribution in [1.82, 2.24) is 5.32 Å². The molecule has 4 nitrogen and oxygen atoms in total. The van der Waals surface area contributed by atoms with Gasteiger partial charge in [0.2, 0.25) is 0 Å². The van der Waals surface area contributed by atoms with Crippen LogP contribution in [0.2, 0.25) is 0 Å². The molecule has 0 saturated heterocycles. The van der Waals surface area contributed by atoms with Gasteiger partial charge in [-0.3, -0.25) is 4.79 Å². The Hall–Kier alpha value is -1.55. The standard InChI is InChI=1S/C16H23NO3/c1-2-3-12(6-8-18)11-17-16(19)14-4-5-15-13(10-14)7-9-20-15/h4-5,10,12,18H,2-3,6-9,11H2,1H3,(H,17,19). The lowest BCUT2D eigenvalue weighted by molar-refractivity contribution is 0.0943. The molecule has 1 aliphatic rings. The van der Waals surface area contributed by atoms with E-state index in [0.29, 0.717) is 24.6 Å². The van der Waals surface area contributed by atoms with E-state index in [4.69, 9.17) is 9.84 Å². The van der Waals surface area contributed by atoms with E-state index in [1.807, 2.05) is 12.1 Å². The van der Waals surface area contributed by atoms with Crippen LogP contribution in [0, 0.1) is 5.92 Å². The summed E-state index contributed by atoms with van der Waals surface area (Å²) in [4.78, 5) is 12.1. The normalized spacial score (nSPS) is 14.5. The molecule has 0 radical (unpaired) electrons. The molecule has 0 spiro atoms. The third kappa shape index (κ3) is 3.73. The van der Waals surface area contributed by atoms with Crippen molar-refractivity contribution < 1.29 is 14.6 Å². The lowest BCUT2D eigenvalue weighted by Crippen LogP contribution is -2.29. The molecule has 1 aliphatic heterocycles. The Bertz CT molecular complexity index is 453. The van der Waals surface area contributed by atoms with Gasteiger partial charge >= 0.3 is 0 Å². The second-order valence-electron chi connectivity index (χ2n) is 5.30. The Morgan fingerprint density at radius 3 is 3.05 bits per heavy atom. The number of rotatable bonds is 7. The first kappa shape index (κ1) is 14.9. The Balaban J connectivity index is 1.91. The Labute approximate surface area is 120 Å². The molecule has 1 atom stereocenters. The van der Waals surface area contributed by atoms with Crippen LogP contribution in [0.4, 0.5) is 0 Å². The summed E-state index contributed by atoms with van der Waals surface area (Å²) in [5, 5.41) is 12.0. The highest BCUT2D eigenvalue weighted by Crippen LogP contribution is 2.25. The van der Waals surface area contributed by atoms with Gasteiger partial charge in [0.15, 0.2) is 0 Å². The molecule has 2 rings (SSSR count). The number of aliphatic hydroxyl groups excluding tert-OH is 1. The molecule has 0 saturated carbocycles. The van der Waals surface area contributed by atoms with Crippen molar-refractivity contribution in [3.05, 3.63) is 29.3 Å². The topological polar surface area (TPSA) is 58.6 Å². The van der Waals surface area contributed by atoms with Gasteiger partial charge < -0.3 is 15.2 Å². The summed E-state index contributed by atoms with van der Waals surface area (Å²) < 4.78 is 5.44. The predicted molar refractivity (Wildman–Crippen MR) is 78.1 cm³/mol. The molecule has 20 heavy (non-hydrogen) atoms. The summed E-state index contributed by atoms with van der Waals surface area (Å²) in [5.41, 5.74) is 1.80. The third-order valence-electron chi connectivity index (χ3n) is 3.74. The largest absolute Gasteiger partial charge is 0.493 e. The van der Waals surface area contributed by atoms with Crippen LogP contribution in [-0.4, -0.2) is 30.8 Å². The summed E-state index contributed by atoms with van der Waals surface area (Å²) in [5.74, 6) is 1.20. The number of benzene rings is 1. The Kier molecular flexibility index (Phi) is 5.41. The predicted octanol–water partition coefficient (Wildman–Crippen LogP) is 2.15. The van der Waals surface area contributed by atoms with E-state index in [9.17, 15) is 4.79 Å². The van der Waals surface area contributed by atoms with Gasteiger partial charge in [-0.15, -0.1) is 0 Å². The van der Waals surface area contributed by atoms with Crippen LogP contribution in [0.5, 0.6) is 5.75 Å². The molecule has 0 aromatic heterocycles. The fraction of sp³-hybridized carbons (Fsp3) is 0.562. The number of hydrogen-bond acceptors (Lipinski definition) is 3. The number of carbonyl (C=O) groups excluding carboxylic acids is 1. The molecule has 1 aromatic carbocycles. The van der Waals surface area contributed by atoms with Crippen LogP contribution in [0.3, 0.4) is 0 Å². The second-order valence-corrected chi connectivity index (χ2v) is 5.30. The van der Waals surface area contributed by atoms with Crippen LogP contribution in [-0.2, 0) is 6.42 Å². The molecular formula is C16H23NO3. The first-order chi connectivity index (χ1) is 9.74. The van der Waals surface area contributed by atoms with Gasteiger partial charge in [0.25, 0.3) is 5.91 Å². The lowest BCUT2D eigenvalue weighted by Gasteiger charge is -2.15. The zero-order valence-corrected chi connectivity index (χ0v) is 12.0. The summed E-state index contributed by atoms with van der Waals surface area (Å²) in [6.07, 6.45) is 3.71. The van der Waals surface area contributed by atoms with Crippen LogP contribution in [0.25, 0.3) is 0 Å². The lowest BCUT2D eigenvalue weighted by atomic mass is 10.00. The van der Waals surface area contributed by atoms with E-state index in [-0.39, 0.29) is 12.5 Å². The zero-order valence-electron chi connectivity index (χ0n) is 12.0. The summed E-state index contributed by atoms with van der Waals surface area (Å²) in [6, 6.07) is 5.59. The first-order valence-corrected chi connectivity index (χ1v) is 7.39. The number of ether oxygens (including phenoxy) is 1. The average Bonchev–Trinajstić information content (AvgIpc) is 2.92. The molecule has 2 N–H and O–H groups in total. The quantitative estimate of drug-likeness (QED) is 0.803. The molecule has 1 amide bonds. The van der Waals surface area contributed by atoms with Gasteiger partial charge in [-0.1, -0.05) is 13.3 Å². The molecule has 4 heteroatoms. The van der Waals surface area contributed by atoms with E-state index in [1.54, 1.807) is 6.07 Å². The summed E-state index contributed by atoms with van der Waals surface area (Å²) in [6.45, 7) is 3.62. The van der Waals surface area contributed by atoms with Crippen molar-refractivity contribution in [2.24, 2.45) is 5.92 Å². The van der Waals surface area contributed by atoms with Crippen molar-refractivity contribution in [2.75, 3.05) is 19.8 Å². The molecule has 1 heterocycles. The van der Waals surface area contributed by atoms with Gasteiger partial charge in [0, 0.05) is 25.1 Å². The highest BCUT2D eigenvalue weighted by molar-refractivity contribution is 5.94. The maximum Gasteiger partial charge on any atom is 0.251 e. The molecule has 0 aliphatic carbocycles. The SMILES string of the molecule is CCCC(CCO)CNC(=O)c1ccc2c(c1)CCO2. The van der Waals surface area contributed by atoms with Gasteiger partial charge in [0.1, 0.15) is 5.75 Å². The smallest absolute Gasteiger partial charge is 0.251 e. The molecule has 1 unspecified atom stereocenters. The van der Waals surface area contributed by atoms with Crippen molar-refractivity contribution >= 4 is 5.91 Å². The molecule has 1 aromatic rings. The highest BCUT2D eigenvalue weighted by atomic mass is 16.5. The monoisotopic (exact) mass is 277 g/mol. The van der Waals surface area contributed by atoms with Crippen molar-refractivity contribution in [1.29, 1.82) is 0 Å². The molecule has 110 valence electrons. The summed E-state index contributed by atoms with van der Waals surface area (Å²) >= 11 is 0. The van der Waals surface area contributed by atoms with Crippen LogP contribution in [0.1, 0.15) is 42.1 Å². The maximum atomic E-state index is 12.1. The summed E-state index contributed by atoms with van der Waals surface area (Å²) in [7, 11) is 0. The van der Waals surface area contributed by atoms with E-state index in [2.05, 4.69) is 12.2 Å². The number of amides is 1. The molecule has 0 fully saturated rings. The van der Waals surface area contributed by atoms with Crippen molar-refractivity contribution in [2.45, 2.75) is 32.6 Å². The van der Waals surface area contributed by atoms with E-state index in [1.165, 1.54) is 0 Å². The number of nitrogens with one attached hydrogen (secondary N) is 1. The minimum atomic E-state index is -0.0428. The number of carbonyl (C=O) groups is 1. The highest BCUT2D eigenvalue weighted by Gasteiger charge is 2.15. The fourth-order valence-corrected chi connectivity index (χ4v) is 2.61. The minimum absolute atomic E-state index is 0.0428. The maximum absolute atomic E-state index is 12.1. The Morgan fingerprint density at radius 2 is 2.30 bits per heavy atom. The van der Waals surface area contributed by atoms with E-state index in [0.717, 1.165) is 37.0 Å². The van der Waals surface area contributed by atoms with E-state index < -0.39 is 0 Å². The first-order valence-electron chi connectivity index (χ1n) is 7.39. The Morgan fingerprint density at radius 1 is 1.45 bits per heavy atom. The number of aliphatic hydroxyl groups is 1. The van der Waals surface area contributed by atoms with Crippen LogP contribution >= 0.6 is 0 Å². The van der Waals surface area contributed by atoms with Crippen LogP contribution in [0.15, 0.2) is 18.2 Å². The zero-order chi connectivity index (χ0) is 14.4. The van der Waals surface area contributed by atoms with Gasteiger partial charge in [-0.05, 0) is 42.5 Å². The van der Waals surface area contributed by atoms with E-state index >= 15 is 0 Å². The second kappa shape index (κ2) is 7.29. The third-order valence-corrected chi connectivity index (χ3v) is 3.74. The van der Waals surface area contributed by atoms with Gasteiger partial charge in [0.05, 0.1) is 6.61 Å². The number of fused-ring (bicyclic) bond motifs is 1. The minimum Gasteiger partial charge on any atom is -0.493 e. The van der Waals surface area contributed by atoms with Crippen molar-refractivity contribution in [3.8, 4) is 5.75 Å². The van der Waals surface area contributed by atoms with Gasteiger partial charge in [-0.25, -0.2) is 0 Å². The van der Waals surface area contributed by atoms with Crippen molar-refractivity contribution in [3.63, 3.8) is 0 Å². The van der Waals surface area contributed by atoms with Gasteiger partial charge in [-0.2, -0.15) is 0 Å². The molecule has 0 bridgehead atoms. The molecular weight excluding hydrogens is 254 g/mol. The number of hydrogen-bond donors (Lipinski definition) is 2. The fourth-order valence-electron chi connectivity index (χ4n) is 2.61.